The molecule has 0 fully saturated rings. The van der Waals surface area contributed by atoms with E-state index in [1.807, 2.05) is 17.5 Å². The maximum atomic E-state index is 12.2. The molecule has 7 heteroatoms. The second-order valence-electron chi connectivity index (χ2n) is 4.63. The largest absolute Gasteiger partial charge is 0.480 e. The monoisotopic (exact) mass is 320 g/mol. The number of nitrogens with one attached hydrogen (secondary N) is 1. The lowest BCUT2D eigenvalue weighted by atomic mass is 10.1. The van der Waals surface area contributed by atoms with E-state index in [2.05, 4.69) is 10.3 Å². The number of aryl methyl sites for hydroxylation is 1. The molecule has 0 aliphatic carbocycles. The second-order valence-corrected chi connectivity index (χ2v) is 5.57. The quantitative estimate of drug-likeness (QED) is 0.849. The van der Waals surface area contributed by atoms with Crippen molar-refractivity contribution in [1.29, 1.82) is 0 Å². The summed E-state index contributed by atoms with van der Waals surface area (Å²) in [5.74, 6) is -1.62. The van der Waals surface area contributed by atoms with Crippen LogP contribution in [0.3, 0.4) is 0 Å². The number of ether oxygens (including phenoxy) is 1. The number of carboxylic acids is 1. The molecule has 6 nitrogen and oxygen atoms in total. The van der Waals surface area contributed by atoms with Crippen LogP contribution in [0.2, 0.25) is 0 Å². The molecule has 0 saturated heterocycles. The Labute approximate surface area is 131 Å². The fraction of sp³-hybridized carbons (Fsp3) is 0.267. The number of carboxylic acid groups (broad SMARTS) is 1. The summed E-state index contributed by atoms with van der Waals surface area (Å²) in [6, 6.07) is 6.19. The highest BCUT2D eigenvalue weighted by molar-refractivity contribution is 7.13. The molecule has 2 N–H and O–H groups in total. The van der Waals surface area contributed by atoms with E-state index in [-0.39, 0.29) is 6.61 Å². The van der Waals surface area contributed by atoms with Gasteiger partial charge in [-0.05, 0) is 30.5 Å². The highest BCUT2D eigenvalue weighted by Crippen LogP contribution is 2.23. The lowest BCUT2D eigenvalue weighted by Gasteiger charge is -2.14. The molecule has 1 unspecified atom stereocenters. The summed E-state index contributed by atoms with van der Waals surface area (Å²) in [5, 5.41) is 13.4. The third-order valence-corrected chi connectivity index (χ3v) is 3.93. The van der Waals surface area contributed by atoms with Crippen LogP contribution in [-0.2, 0) is 9.53 Å². The maximum absolute atomic E-state index is 12.2. The van der Waals surface area contributed by atoms with E-state index in [1.54, 1.807) is 30.4 Å². The summed E-state index contributed by atoms with van der Waals surface area (Å²) in [5.41, 5.74) is 1.68. The van der Waals surface area contributed by atoms with E-state index in [4.69, 9.17) is 9.84 Å². The SMILES string of the molecule is COCC(NC(=O)c1ccc(-c2cccs2)nc1C)C(=O)O. The minimum Gasteiger partial charge on any atom is -0.480 e. The van der Waals surface area contributed by atoms with Gasteiger partial charge in [0.2, 0.25) is 0 Å². The third-order valence-electron chi connectivity index (χ3n) is 3.04. The average Bonchev–Trinajstić information content (AvgIpc) is 3.00. The highest BCUT2D eigenvalue weighted by atomic mass is 32.1. The van der Waals surface area contributed by atoms with Crippen molar-refractivity contribution in [3.8, 4) is 10.6 Å². The Morgan fingerprint density at radius 2 is 2.18 bits per heavy atom. The van der Waals surface area contributed by atoms with E-state index in [0.29, 0.717) is 11.3 Å². The standard InChI is InChI=1S/C15H16N2O4S/c1-9-10(14(18)17-12(8-21-2)15(19)20)5-6-11(16-9)13-4-3-7-22-13/h3-7,12H,8H2,1-2H3,(H,17,18)(H,19,20). The summed E-state index contributed by atoms with van der Waals surface area (Å²) >= 11 is 1.56. The first-order valence-electron chi connectivity index (χ1n) is 6.57. The van der Waals surface area contributed by atoms with Crippen molar-refractivity contribution in [1.82, 2.24) is 10.3 Å². The molecular formula is C15H16N2O4S. The molecule has 2 heterocycles. The van der Waals surface area contributed by atoms with Crippen molar-refractivity contribution in [3.05, 3.63) is 40.9 Å². The number of aliphatic carboxylic acids is 1. The Morgan fingerprint density at radius 1 is 1.41 bits per heavy atom. The van der Waals surface area contributed by atoms with Gasteiger partial charge < -0.3 is 15.2 Å². The molecule has 0 radical (unpaired) electrons. The molecule has 0 saturated carbocycles. The molecule has 1 amide bonds. The first-order chi connectivity index (χ1) is 10.5. The average molecular weight is 320 g/mol. The van der Waals surface area contributed by atoms with Crippen molar-refractivity contribution in [2.75, 3.05) is 13.7 Å². The van der Waals surface area contributed by atoms with Gasteiger partial charge in [-0.25, -0.2) is 4.79 Å². The Hall–Kier alpha value is -2.25. The number of amides is 1. The van der Waals surface area contributed by atoms with Gasteiger partial charge in [0.15, 0.2) is 6.04 Å². The molecule has 0 bridgehead atoms. The Morgan fingerprint density at radius 3 is 2.73 bits per heavy atom. The van der Waals surface area contributed by atoms with Crippen LogP contribution in [-0.4, -0.2) is 41.7 Å². The van der Waals surface area contributed by atoms with Crippen molar-refractivity contribution in [3.63, 3.8) is 0 Å². The van der Waals surface area contributed by atoms with E-state index < -0.39 is 17.9 Å². The van der Waals surface area contributed by atoms with Gasteiger partial charge in [0, 0.05) is 7.11 Å². The molecule has 2 aromatic heterocycles. The van der Waals surface area contributed by atoms with Gasteiger partial charge in [0.25, 0.3) is 5.91 Å². The van der Waals surface area contributed by atoms with Crippen molar-refractivity contribution in [2.24, 2.45) is 0 Å². The summed E-state index contributed by atoms with van der Waals surface area (Å²) in [6.07, 6.45) is 0. The van der Waals surface area contributed by atoms with Crippen molar-refractivity contribution >= 4 is 23.2 Å². The first-order valence-corrected chi connectivity index (χ1v) is 7.45. The maximum Gasteiger partial charge on any atom is 0.328 e. The van der Waals surface area contributed by atoms with Crippen LogP contribution in [0.15, 0.2) is 29.6 Å². The van der Waals surface area contributed by atoms with Gasteiger partial charge in [-0.3, -0.25) is 9.78 Å². The zero-order valence-corrected chi connectivity index (χ0v) is 13.0. The topological polar surface area (TPSA) is 88.5 Å². The lowest BCUT2D eigenvalue weighted by Crippen LogP contribution is -2.44. The predicted molar refractivity (Wildman–Crippen MR) is 83.1 cm³/mol. The van der Waals surface area contributed by atoms with E-state index >= 15 is 0 Å². The van der Waals surface area contributed by atoms with E-state index in [9.17, 15) is 9.59 Å². The number of methoxy groups -OCH3 is 1. The van der Waals surface area contributed by atoms with E-state index in [0.717, 1.165) is 10.6 Å². The minimum atomic E-state index is -1.14. The fourth-order valence-electron chi connectivity index (χ4n) is 1.94. The first kappa shape index (κ1) is 16.1. The Kier molecular flexibility index (Phi) is 5.24. The number of pyridine rings is 1. The molecule has 1 atom stereocenters. The molecule has 2 aromatic rings. The Balaban J connectivity index is 2.18. The highest BCUT2D eigenvalue weighted by Gasteiger charge is 2.21. The summed E-state index contributed by atoms with van der Waals surface area (Å²) in [4.78, 5) is 28.6. The van der Waals surface area contributed by atoms with Crippen LogP contribution in [0.5, 0.6) is 0 Å². The number of aromatic nitrogens is 1. The number of carbonyl (C=O) groups is 2. The number of nitrogens with zero attached hydrogens (tertiary/aromatic N) is 1. The van der Waals surface area contributed by atoms with Gasteiger partial charge in [0.05, 0.1) is 28.4 Å². The Bertz CT molecular complexity index is 670. The van der Waals surface area contributed by atoms with Crippen molar-refractivity contribution < 1.29 is 19.4 Å². The zero-order chi connectivity index (χ0) is 16.1. The number of hydrogen-bond acceptors (Lipinski definition) is 5. The van der Waals surface area contributed by atoms with Crippen molar-refractivity contribution in [2.45, 2.75) is 13.0 Å². The van der Waals surface area contributed by atoms with Crippen LogP contribution in [0, 0.1) is 6.92 Å². The third kappa shape index (κ3) is 3.69. The minimum absolute atomic E-state index is 0.0964. The molecule has 22 heavy (non-hydrogen) atoms. The smallest absolute Gasteiger partial charge is 0.328 e. The number of hydrogen-bond donors (Lipinski definition) is 2. The summed E-state index contributed by atoms with van der Waals surface area (Å²) in [7, 11) is 1.38. The molecule has 0 spiro atoms. The molecule has 0 aliphatic rings. The molecule has 116 valence electrons. The van der Waals surface area contributed by atoms with Crippen LogP contribution >= 0.6 is 11.3 Å². The predicted octanol–water partition coefficient (Wildman–Crippen LogP) is 1.95. The molecular weight excluding hydrogens is 304 g/mol. The summed E-state index contributed by atoms with van der Waals surface area (Å²) < 4.78 is 4.79. The normalized spacial score (nSPS) is 11.9. The van der Waals surface area contributed by atoms with Crippen LogP contribution in [0.25, 0.3) is 10.6 Å². The summed E-state index contributed by atoms with van der Waals surface area (Å²) in [6.45, 7) is 1.62. The fourth-order valence-corrected chi connectivity index (χ4v) is 2.64. The molecule has 0 aromatic carbocycles. The van der Waals surface area contributed by atoms with Crippen LogP contribution < -0.4 is 5.32 Å². The van der Waals surface area contributed by atoms with Gasteiger partial charge in [-0.2, -0.15) is 0 Å². The van der Waals surface area contributed by atoms with Gasteiger partial charge >= 0.3 is 5.97 Å². The molecule has 2 rings (SSSR count). The second kappa shape index (κ2) is 7.15. The number of rotatable bonds is 6. The van der Waals surface area contributed by atoms with E-state index in [1.165, 1.54) is 7.11 Å². The van der Waals surface area contributed by atoms with Gasteiger partial charge in [-0.15, -0.1) is 11.3 Å². The zero-order valence-electron chi connectivity index (χ0n) is 12.2. The van der Waals surface area contributed by atoms with Crippen LogP contribution in [0.4, 0.5) is 0 Å². The molecule has 0 aliphatic heterocycles. The van der Waals surface area contributed by atoms with Gasteiger partial charge in [0.1, 0.15) is 0 Å². The van der Waals surface area contributed by atoms with Crippen LogP contribution in [0.1, 0.15) is 16.1 Å². The number of carbonyl (C=O) groups excluding carboxylic acids is 1. The van der Waals surface area contributed by atoms with Gasteiger partial charge in [-0.1, -0.05) is 6.07 Å². The number of thiophene rings is 1. The lowest BCUT2D eigenvalue weighted by molar-refractivity contribution is -0.140.